The second kappa shape index (κ2) is 3.24. The van der Waals surface area contributed by atoms with Crippen molar-refractivity contribution in [2.75, 3.05) is 0 Å². The lowest BCUT2D eigenvalue weighted by atomic mass is 9.89. The van der Waals surface area contributed by atoms with E-state index in [1.165, 1.54) is 0 Å². The zero-order valence-corrected chi connectivity index (χ0v) is 7.46. The summed E-state index contributed by atoms with van der Waals surface area (Å²) < 4.78 is 5.22. The number of ether oxygens (including phenoxy) is 1. The normalized spacial score (nSPS) is 38.5. The first-order valence-corrected chi connectivity index (χ1v) is 4.35. The van der Waals surface area contributed by atoms with Crippen LogP contribution in [-0.2, 0) is 9.53 Å². The van der Waals surface area contributed by atoms with Gasteiger partial charge in [-0.3, -0.25) is 4.79 Å². The zero-order valence-electron chi connectivity index (χ0n) is 7.46. The van der Waals surface area contributed by atoms with Crippen molar-refractivity contribution in [3.05, 3.63) is 0 Å². The molecule has 1 fully saturated rings. The van der Waals surface area contributed by atoms with Crippen LogP contribution in [0.5, 0.6) is 0 Å². The van der Waals surface area contributed by atoms with E-state index in [0.717, 1.165) is 12.8 Å². The Balaban J connectivity index is 2.54. The molecule has 3 atom stereocenters. The molecule has 0 N–H and O–H groups in total. The third kappa shape index (κ3) is 1.73. The highest BCUT2D eigenvalue weighted by Crippen LogP contribution is 2.26. The molecular weight excluding hydrogens is 140 g/mol. The molecule has 1 aliphatic heterocycles. The van der Waals surface area contributed by atoms with Gasteiger partial charge in [-0.2, -0.15) is 0 Å². The Labute approximate surface area is 67.9 Å². The van der Waals surface area contributed by atoms with Gasteiger partial charge in [0.05, 0.1) is 5.92 Å². The Kier molecular flexibility index (Phi) is 2.53. The molecule has 0 unspecified atom stereocenters. The lowest BCUT2D eigenvalue weighted by Crippen LogP contribution is -2.35. The minimum atomic E-state index is -0.0186. The first kappa shape index (κ1) is 8.57. The molecule has 11 heavy (non-hydrogen) atoms. The summed E-state index contributed by atoms with van der Waals surface area (Å²) in [4.78, 5) is 11.1. The molecule has 0 aromatic heterocycles. The van der Waals surface area contributed by atoms with Crippen molar-refractivity contribution in [3.8, 4) is 0 Å². The van der Waals surface area contributed by atoms with Crippen molar-refractivity contribution in [1.82, 2.24) is 0 Å². The van der Waals surface area contributed by atoms with Crippen LogP contribution >= 0.6 is 0 Å². The largest absolute Gasteiger partial charge is 0.462 e. The third-order valence-corrected chi connectivity index (χ3v) is 2.43. The fourth-order valence-electron chi connectivity index (χ4n) is 1.67. The van der Waals surface area contributed by atoms with Crippen LogP contribution in [0.1, 0.15) is 33.6 Å². The lowest BCUT2D eigenvalue weighted by molar-refractivity contribution is -0.164. The predicted octanol–water partition coefficient (Wildman–Crippen LogP) is 1.98. The molecule has 0 radical (unpaired) electrons. The fourth-order valence-corrected chi connectivity index (χ4v) is 1.67. The highest BCUT2D eigenvalue weighted by molar-refractivity contribution is 5.72. The van der Waals surface area contributed by atoms with Crippen molar-refractivity contribution in [2.45, 2.75) is 39.7 Å². The average Bonchev–Trinajstić information content (AvgIpc) is 1.97. The van der Waals surface area contributed by atoms with E-state index in [2.05, 4.69) is 13.8 Å². The van der Waals surface area contributed by atoms with Gasteiger partial charge >= 0.3 is 5.97 Å². The molecule has 0 aromatic carbocycles. The predicted molar refractivity (Wildman–Crippen MR) is 43.1 cm³/mol. The van der Waals surface area contributed by atoms with Crippen molar-refractivity contribution < 1.29 is 9.53 Å². The molecule has 1 rings (SSSR count). The summed E-state index contributed by atoms with van der Waals surface area (Å²) >= 11 is 0. The van der Waals surface area contributed by atoms with Gasteiger partial charge in [0, 0.05) is 0 Å². The number of carbonyl (C=O) groups excluding carboxylic acids is 1. The number of hydrogen-bond donors (Lipinski definition) is 0. The molecule has 0 aromatic rings. The van der Waals surface area contributed by atoms with Crippen LogP contribution in [0.2, 0.25) is 0 Å². The number of carbonyl (C=O) groups is 1. The lowest BCUT2D eigenvalue weighted by Gasteiger charge is -2.31. The summed E-state index contributed by atoms with van der Waals surface area (Å²) in [5.41, 5.74) is 0. The van der Waals surface area contributed by atoms with Gasteiger partial charge in [0.15, 0.2) is 0 Å². The molecule has 0 amide bonds. The Bertz CT molecular complexity index is 154. The van der Waals surface area contributed by atoms with Crippen LogP contribution in [-0.4, -0.2) is 12.1 Å². The molecular formula is C9H16O2. The highest BCUT2D eigenvalue weighted by Gasteiger charge is 2.31. The van der Waals surface area contributed by atoms with E-state index in [4.69, 9.17) is 4.74 Å². The molecule has 2 nitrogen and oxygen atoms in total. The van der Waals surface area contributed by atoms with Gasteiger partial charge in [-0.1, -0.05) is 20.8 Å². The summed E-state index contributed by atoms with van der Waals surface area (Å²) in [6, 6.07) is 0. The Hall–Kier alpha value is -0.530. The van der Waals surface area contributed by atoms with Gasteiger partial charge in [-0.05, 0) is 18.8 Å². The minimum Gasteiger partial charge on any atom is -0.462 e. The zero-order chi connectivity index (χ0) is 8.43. The first-order chi connectivity index (χ1) is 5.15. The van der Waals surface area contributed by atoms with Gasteiger partial charge in [-0.25, -0.2) is 0 Å². The highest BCUT2D eigenvalue weighted by atomic mass is 16.5. The van der Waals surface area contributed by atoms with E-state index < -0.39 is 0 Å². The quantitative estimate of drug-likeness (QED) is 0.543. The van der Waals surface area contributed by atoms with Gasteiger partial charge in [0.2, 0.25) is 0 Å². The van der Waals surface area contributed by atoms with Crippen LogP contribution in [0.15, 0.2) is 0 Å². The smallest absolute Gasteiger partial charge is 0.308 e. The Morgan fingerprint density at radius 3 is 2.73 bits per heavy atom. The van der Waals surface area contributed by atoms with Gasteiger partial charge in [0.25, 0.3) is 0 Å². The van der Waals surface area contributed by atoms with Gasteiger partial charge < -0.3 is 4.74 Å². The van der Waals surface area contributed by atoms with Crippen LogP contribution in [0.4, 0.5) is 0 Å². The molecule has 0 saturated carbocycles. The van der Waals surface area contributed by atoms with Gasteiger partial charge in [-0.15, -0.1) is 0 Å². The van der Waals surface area contributed by atoms with Crippen molar-refractivity contribution in [2.24, 2.45) is 11.8 Å². The summed E-state index contributed by atoms with van der Waals surface area (Å²) in [7, 11) is 0. The van der Waals surface area contributed by atoms with E-state index >= 15 is 0 Å². The topological polar surface area (TPSA) is 26.3 Å². The molecule has 0 bridgehead atoms. The second-order valence-electron chi connectivity index (χ2n) is 3.50. The van der Waals surface area contributed by atoms with E-state index in [-0.39, 0.29) is 18.0 Å². The van der Waals surface area contributed by atoms with Crippen molar-refractivity contribution in [1.29, 1.82) is 0 Å². The molecule has 64 valence electrons. The summed E-state index contributed by atoms with van der Waals surface area (Å²) in [5, 5.41) is 0. The summed E-state index contributed by atoms with van der Waals surface area (Å²) in [6.45, 7) is 6.15. The number of cyclic esters (lactones) is 1. The van der Waals surface area contributed by atoms with Crippen molar-refractivity contribution in [3.63, 3.8) is 0 Å². The van der Waals surface area contributed by atoms with E-state index in [0.29, 0.717) is 5.92 Å². The molecule has 1 heterocycles. The molecule has 0 spiro atoms. The third-order valence-electron chi connectivity index (χ3n) is 2.43. The maximum Gasteiger partial charge on any atom is 0.308 e. The fraction of sp³-hybridized carbons (Fsp3) is 0.889. The minimum absolute atomic E-state index is 0.0186. The van der Waals surface area contributed by atoms with Crippen molar-refractivity contribution >= 4 is 5.97 Å². The monoisotopic (exact) mass is 156 g/mol. The van der Waals surface area contributed by atoms with Crippen LogP contribution in [0, 0.1) is 11.8 Å². The number of esters is 1. The maximum absolute atomic E-state index is 11.1. The SMILES string of the molecule is CC[C@H]1OC(=O)[C@@H](C)C[C@@H]1C. The Morgan fingerprint density at radius 2 is 2.18 bits per heavy atom. The van der Waals surface area contributed by atoms with E-state index in [1.54, 1.807) is 0 Å². The van der Waals surface area contributed by atoms with Crippen LogP contribution in [0.25, 0.3) is 0 Å². The average molecular weight is 156 g/mol. The summed E-state index contributed by atoms with van der Waals surface area (Å²) in [6.07, 6.45) is 2.09. The summed E-state index contributed by atoms with van der Waals surface area (Å²) in [5.74, 6) is 0.621. The van der Waals surface area contributed by atoms with Crippen LogP contribution in [0.3, 0.4) is 0 Å². The second-order valence-corrected chi connectivity index (χ2v) is 3.50. The van der Waals surface area contributed by atoms with Gasteiger partial charge in [0.1, 0.15) is 6.10 Å². The number of rotatable bonds is 1. The molecule has 1 aliphatic rings. The molecule has 2 heteroatoms. The maximum atomic E-state index is 11.1. The van der Waals surface area contributed by atoms with Crippen LogP contribution < -0.4 is 0 Å². The van der Waals surface area contributed by atoms with E-state index in [9.17, 15) is 4.79 Å². The molecule has 0 aliphatic carbocycles. The Morgan fingerprint density at radius 1 is 1.55 bits per heavy atom. The van der Waals surface area contributed by atoms with E-state index in [1.807, 2.05) is 6.92 Å². The number of hydrogen-bond acceptors (Lipinski definition) is 2. The molecule has 1 saturated heterocycles. The first-order valence-electron chi connectivity index (χ1n) is 4.35. The standard InChI is InChI=1S/C9H16O2/c1-4-8-6(2)5-7(3)9(10)11-8/h6-8H,4-5H2,1-3H3/t6-,7-,8+/m0/s1.